The zero-order valence-electron chi connectivity index (χ0n) is 15.2. The molecule has 1 atom stereocenters. The van der Waals surface area contributed by atoms with E-state index < -0.39 is 18.0 Å². The fraction of sp³-hybridized carbons (Fsp3) is 0.500. The molecule has 2 aliphatic rings. The van der Waals surface area contributed by atoms with Crippen LogP contribution in [0.15, 0.2) is 12.1 Å². The number of carbonyl (C=O) groups excluding carboxylic acids is 1. The number of aromatic nitrogens is 3. The molecule has 0 radical (unpaired) electrons. The van der Waals surface area contributed by atoms with Crippen molar-refractivity contribution in [2.75, 3.05) is 26.4 Å². The lowest BCUT2D eigenvalue weighted by Crippen LogP contribution is -2.47. The minimum absolute atomic E-state index is 0.153. The largest absolute Gasteiger partial charge is 0.433 e. The van der Waals surface area contributed by atoms with Crippen LogP contribution in [0.2, 0.25) is 0 Å². The number of hydrogen-bond donors (Lipinski definition) is 1. The molecule has 0 spiro atoms. The van der Waals surface area contributed by atoms with E-state index in [1.54, 1.807) is 4.90 Å². The minimum Gasteiger partial charge on any atom is -0.376 e. The fourth-order valence-electron chi connectivity index (χ4n) is 3.51. The molecule has 1 saturated heterocycles. The summed E-state index contributed by atoms with van der Waals surface area (Å²) in [5.41, 5.74) is 1.99. The number of hydrogen-bond acceptors (Lipinski definition) is 5. The average Bonchev–Trinajstić information content (AvgIpc) is 3.10. The number of halogens is 3. The number of H-pyrrole nitrogens is 1. The zero-order valence-corrected chi connectivity index (χ0v) is 15.2. The monoisotopic (exact) mass is 396 g/mol. The summed E-state index contributed by atoms with van der Waals surface area (Å²) in [6.07, 6.45) is -4.55. The summed E-state index contributed by atoms with van der Waals surface area (Å²) < 4.78 is 49.4. The molecule has 150 valence electrons. The Hall–Kier alpha value is -2.46. The quantitative estimate of drug-likeness (QED) is 0.841. The number of nitrogens with zero attached hydrogens (tertiary/aromatic N) is 3. The van der Waals surface area contributed by atoms with Crippen molar-refractivity contribution < 1.29 is 27.4 Å². The van der Waals surface area contributed by atoms with Gasteiger partial charge in [-0.3, -0.25) is 9.89 Å². The van der Waals surface area contributed by atoms with E-state index in [1.807, 2.05) is 0 Å². The first-order valence-corrected chi connectivity index (χ1v) is 8.94. The van der Waals surface area contributed by atoms with E-state index in [0.717, 1.165) is 17.3 Å². The van der Waals surface area contributed by atoms with Crippen LogP contribution >= 0.6 is 0 Å². The number of nitrogens with one attached hydrogen (secondary N) is 1. The Labute approximate surface area is 158 Å². The van der Waals surface area contributed by atoms with E-state index in [-0.39, 0.29) is 18.2 Å². The number of aryl methyl sites for hydroxylation is 1. The molecule has 4 rings (SSSR count). The zero-order chi connectivity index (χ0) is 19.9. The molecule has 0 aliphatic carbocycles. The maximum atomic E-state index is 12.9. The molecule has 28 heavy (non-hydrogen) atoms. The summed E-state index contributed by atoms with van der Waals surface area (Å²) >= 11 is 0. The van der Waals surface area contributed by atoms with Crippen LogP contribution < -0.4 is 0 Å². The number of amides is 1. The Bertz CT molecular complexity index is 891. The summed E-state index contributed by atoms with van der Waals surface area (Å²) in [4.78, 5) is 18.1. The molecule has 0 saturated carbocycles. The van der Waals surface area contributed by atoms with Crippen molar-refractivity contribution in [3.05, 3.63) is 34.8 Å². The number of alkyl halides is 3. The summed E-state index contributed by atoms with van der Waals surface area (Å²) in [6, 6.07) is 2.32. The summed E-state index contributed by atoms with van der Waals surface area (Å²) in [5, 5.41) is 7.23. The standard InChI is InChI=1S/C18H19F3N4O3/c1-10-11(2-3-15(22-10)18(19,20)21)16-12-8-25(5-4-13(12)23-24-16)17(26)14-9-27-6-7-28-14/h2-3,14H,4-9H2,1H3,(H,23,24)/t14-/m1/s1. The third-order valence-corrected chi connectivity index (χ3v) is 4.97. The molecule has 2 aromatic rings. The Morgan fingerprint density at radius 2 is 2.14 bits per heavy atom. The Morgan fingerprint density at radius 1 is 1.32 bits per heavy atom. The lowest BCUT2D eigenvalue weighted by atomic mass is 9.99. The molecule has 1 N–H and O–H groups in total. The molecule has 10 heteroatoms. The van der Waals surface area contributed by atoms with Crippen molar-refractivity contribution in [2.45, 2.75) is 32.2 Å². The molecular weight excluding hydrogens is 377 g/mol. The van der Waals surface area contributed by atoms with Gasteiger partial charge in [-0.05, 0) is 19.1 Å². The van der Waals surface area contributed by atoms with Gasteiger partial charge in [-0.2, -0.15) is 18.3 Å². The highest BCUT2D eigenvalue weighted by atomic mass is 19.4. The van der Waals surface area contributed by atoms with Gasteiger partial charge in [-0.25, -0.2) is 4.98 Å². The van der Waals surface area contributed by atoms with E-state index in [2.05, 4.69) is 15.2 Å². The van der Waals surface area contributed by atoms with Gasteiger partial charge in [0.2, 0.25) is 0 Å². The minimum atomic E-state index is -4.50. The summed E-state index contributed by atoms with van der Waals surface area (Å²) in [5.74, 6) is -0.153. The highest BCUT2D eigenvalue weighted by Crippen LogP contribution is 2.33. The van der Waals surface area contributed by atoms with Crippen molar-refractivity contribution in [3.63, 3.8) is 0 Å². The first-order valence-electron chi connectivity index (χ1n) is 8.94. The predicted molar refractivity (Wildman–Crippen MR) is 91.2 cm³/mol. The van der Waals surface area contributed by atoms with Crippen LogP contribution in [-0.2, 0) is 33.4 Å². The van der Waals surface area contributed by atoms with Crippen molar-refractivity contribution in [1.29, 1.82) is 0 Å². The SMILES string of the molecule is Cc1nc(C(F)(F)F)ccc1-c1n[nH]c2c1CN(C(=O)[C@H]1COCCO1)CC2. The van der Waals surface area contributed by atoms with Gasteiger partial charge in [-0.15, -0.1) is 0 Å². The van der Waals surface area contributed by atoms with Crippen LogP contribution in [0, 0.1) is 6.92 Å². The van der Waals surface area contributed by atoms with Crippen LogP contribution in [0.25, 0.3) is 11.3 Å². The number of fused-ring (bicyclic) bond motifs is 1. The first-order chi connectivity index (χ1) is 13.3. The highest BCUT2D eigenvalue weighted by Gasteiger charge is 2.34. The molecular formula is C18H19F3N4O3. The summed E-state index contributed by atoms with van der Waals surface area (Å²) in [7, 11) is 0. The Kier molecular flexibility index (Phi) is 4.84. The van der Waals surface area contributed by atoms with Gasteiger partial charge >= 0.3 is 6.18 Å². The van der Waals surface area contributed by atoms with Crippen LogP contribution in [-0.4, -0.2) is 58.5 Å². The highest BCUT2D eigenvalue weighted by molar-refractivity contribution is 5.82. The van der Waals surface area contributed by atoms with E-state index in [4.69, 9.17) is 9.47 Å². The van der Waals surface area contributed by atoms with Crippen LogP contribution in [0.1, 0.15) is 22.6 Å². The fourth-order valence-corrected chi connectivity index (χ4v) is 3.51. The van der Waals surface area contributed by atoms with E-state index >= 15 is 0 Å². The average molecular weight is 396 g/mol. The smallest absolute Gasteiger partial charge is 0.376 e. The number of pyridine rings is 1. The summed E-state index contributed by atoms with van der Waals surface area (Å²) in [6.45, 7) is 3.41. The van der Waals surface area contributed by atoms with Gasteiger partial charge < -0.3 is 14.4 Å². The Balaban J connectivity index is 1.60. The van der Waals surface area contributed by atoms with Crippen LogP contribution in [0.4, 0.5) is 13.2 Å². The van der Waals surface area contributed by atoms with Crippen LogP contribution in [0.3, 0.4) is 0 Å². The van der Waals surface area contributed by atoms with Gasteiger partial charge in [0.15, 0.2) is 6.10 Å². The molecule has 7 nitrogen and oxygen atoms in total. The lowest BCUT2D eigenvalue weighted by Gasteiger charge is -2.32. The molecule has 0 aromatic carbocycles. The van der Waals surface area contributed by atoms with Crippen molar-refractivity contribution in [3.8, 4) is 11.3 Å². The molecule has 1 amide bonds. The third kappa shape index (κ3) is 3.49. The van der Waals surface area contributed by atoms with Gasteiger partial charge in [0.1, 0.15) is 5.69 Å². The first kappa shape index (κ1) is 18.9. The third-order valence-electron chi connectivity index (χ3n) is 4.97. The Morgan fingerprint density at radius 3 is 2.82 bits per heavy atom. The number of aromatic amines is 1. The van der Waals surface area contributed by atoms with Crippen molar-refractivity contribution >= 4 is 5.91 Å². The van der Waals surface area contributed by atoms with E-state index in [1.165, 1.54) is 13.0 Å². The maximum absolute atomic E-state index is 12.9. The number of rotatable bonds is 2. The van der Waals surface area contributed by atoms with Crippen LogP contribution in [0.5, 0.6) is 0 Å². The number of carbonyl (C=O) groups is 1. The van der Waals surface area contributed by atoms with E-state index in [9.17, 15) is 18.0 Å². The van der Waals surface area contributed by atoms with Crippen molar-refractivity contribution in [1.82, 2.24) is 20.1 Å². The molecule has 2 aliphatic heterocycles. The second-order valence-electron chi connectivity index (χ2n) is 6.80. The lowest BCUT2D eigenvalue weighted by molar-refractivity contribution is -0.158. The normalized spacial score (nSPS) is 20.1. The van der Waals surface area contributed by atoms with Crippen molar-refractivity contribution in [2.24, 2.45) is 0 Å². The molecule has 2 aromatic heterocycles. The van der Waals surface area contributed by atoms with Gasteiger partial charge in [-0.1, -0.05) is 0 Å². The van der Waals surface area contributed by atoms with Gasteiger partial charge in [0.25, 0.3) is 5.91 Å². The second-order valence-corrected chi connectivity index (χ2v) is 6.80. The molecule has 4 heterocycles. The second kappa shape index (κ2) is 7.17. The molecule has 0 unspecified atom stereocenters. The van der Waals surface area contributed by atoms with E-state index in [0.29, 0.717) is 44.0 Å². The topological polar surface area (TPSA) is 80.3 Å². The predicted octanol–water partition coefficient (Wildman–Crippen LogP) is 2.10. The van der Waals surface area contributed by atoms with Gasteiger partial charge in [0.05, 0.1) is 25.5 Å². The molecule has 0 bridgehead atoms. The number of ether oxygens (including phenoxy) is 2. The molecule has 1 fully saturated rings. The maximum Gasteiger partial charge on any atom is 0.433 e. The van der Waals surface area contributed by atoms with Gasteiger partial charge in [0, 0.05) is 42.0 Å².